The van der Waals surface area contributed by atoms with Crippen molar-refractivity contribution in [1.29, 1.82) is 0 Å². The summed E-state index contributed by atoms with van der Waals surface area (Å²) in [6.07, 6.45) is 0. The quantitative estimate of drug-likeness (QED) is 0.753. The van der Waals surface area contributed by atoms with E-state index in [4.69, 9.17) is 14.0 Å². The van der Waals surface area contributed by atoms with Gasteiger partial charge in [0.2, 0.25) is 0 Å². The molecule has 0 saturated carbocycles. The van der Waals surface area contributed by atoms with Gasteiger partial charge in [-0.15, -0.1) is 0 Å². The second-order valence-corrected chi connectivity index (χ2v) is 5.41. The van der Waals surface area contributed by atoms with Crippen LogP contribution in [0, 0.1) is 20.8 Å². The van der Waals surface area contributed by atoms with E-state index in [9.17, 15) is 9.59 Å². The second kappa shape index (κ2) is 5.80. The molecule has 3 aromatic heterocycles. The molecule has 8 heteroatoms. The van der Waals surface area contributed by atoms with E-state index in [0.29, 0.717) is 22.5 Å². The van der Waals surface area contributed by atoms with Crippen LogP contribution < -0.4 is 5.32 Å². The number of carbonyl (C=O) groups excluding carboxylic acids is 1. The normalized spacial score (nSPS) is 11.0. The Hall–Kier alpha value is -3.16. The van der Waals surface area contributed by atoms with E-state index in [1.807, 2.05) is 13.0 Å². The Labute approximate surface area is 136 Å². The molecule has 0 radical (unpaired) electrons. The average Bonchev–Trinajstić information content (AvgIpc) is 3.06. The van der Waals surface area contributed by atoms with Gasteiger partial charge in [-0.1, -0.05) is 5.16 Å². The van der Waals surface area contributed by atoms with E-state index < -0.39 is 18.4 Å². The van der Waals surface area contributed by atoms with Crippen LogP contribution in [0.5, 0.6) is 0 Å². The Morgan fingerprint density at radius 1 is 1.25 bits per heavy atom. The summed E-state index contributed by atoms with van der Waals surface area (Å²) in [6.45, 7) is 4.82. The van der Waals surface area contributed by atoms with Gasteiger partial charge in [0.05, 0.1) is 22.3 Å². The molecule has 0 saturated heterocycles. The lowest BCUT2D eigenvalue weighted by Gasteiger charge is -2.06. The molecule has 0 spiro atoms. The minimum Gasteiger partial charge on any atom is -0.480 e. The van der Waals surface area contributed by atoms with Gasteiger partial charge in [0.15, 0.2) is 0 Å². The molecule has 3 heterocycles. The maximum absolute atomic E-state index is 12.4. The Morgan fingerprint density at radius 2 is 2.00 bits per heavy atom. The Kier molecular flexibility index (Phi) is 3.80. The predicted octanol–water partition coefficient (Wildman–Crippen LogP) is 2.22. The van der Waals surface area contributed by atoms with Crippen LogP contribution in [-0.4, -0.2) is 33.7 Å². The van der Waals surface area contributed by atoms with Gasteiger partial charge < -0.3 is 19.4 Å². The topological polar surface area (TPSA) is 118 Å². The monoisotopic (exact) mass is 329 g/mol. The third-order valence-corrected chi connectivity index (χ3v) is 3.58. The molecule has 0 unspecified atom stereocenters. The second-order valence-electron chi connectivity index (χ2n) is 5.41. The lowest BCUT2D eigenvalue weighted by molar-refractivity contribution is -0.135. The molecule has 0 fully saturated rings. The molecule has 1 amide bonds. The zero-order valence-corrected chi connectivity index (χ0v) is 13.3. The van der Waals surface area contributed by atoms with Crippen molar-refractivity contribution in [2.45, 2.75) is 20.8 Å². The van der Waals surface area contributed by atoms with Gasteiger partial charge in [-0.05, 0) is 32.9 Å². The Balaban J connectivity index is 2.15. The first-order chi connectivity index (χ1) is 11.4. The predicted molar refractivity (Wildman–Crippen MR) is 83.7 cm³/mol. The number of carboxylic acids is 1. The largest absolute Gasteiger partial charge is 0.480 e. The van der Waals surface area contributed by atoms with Gasteiger partial charge in [-0.2, -0.15) is 0 Å². The number of amides is 1. The van der Waals surface area contributed by atoms with Crippen LogP contribution in [0.25, 0.3) is 22.4 Å². The van der Waals surface area contributed by atoms with Crippen LogP contribution in [0.3, 0.4) is 0 Å². The number of hydrogen-bond donors (Lipinski definition) is 2. The van der Waals surface area contributed by atoms with Crippen molar-refractivity contribution >= 4 is 23.0 Å². The number of aliphatic carboxylic acids is 1. The minimum atomic E-state index is -1.13. The molecule has 3 aromatic rings. The summed E-state index contributed by atoms with van der Waals surface area (Å²) in [5, 5.41) is 15.4. The molecule has 8 nitrogen and oxygen atoms in total. The molecule has 0 atom stereocenters. The van der Waals surface area contributed by atoms with Crippen molar-refractivity contribution < 1.29 is 23.6 Å². The van der Waals surface area contributed by atoms with Gasteiger partial charge in [0.1, 0.15) is 18.1 Å². The van der Waals surface area contributed by atoms with E-state index in [2.05, 4.69) is 15.5 Å². The number of fused-ring (bicyclic) bond motifs is 1. The first-order valence-electron chi connectivity index (χ1n) is 7.21. The van der Waals surface area contributed by atoms with Crippen LogP contribution in [0.1, 0.15) is 27.6 Å². The van der Waals surface area contributed by atoms with Crippen molar-refractivity contribution in [2.75, 3.05) is 6.54 Å². The maximum Gasteiger partial charge on any atom is 0.322 e. The number of pyridine rings is 1. The number of furan rings is 1. The fourth-order valence-corrected chi connectivity index (χ4v) is 2.55. The Morgan fingerprint density at radius 3 is 2.62 bits per heavy atom. The third-order valence-electron chi connectivity index (χ3n) is 3.58. The molecule has 0 aliphatic carbocycles. The van der Waals surface area contributed by atoms with E-state index in [1.165, 1.54) is 0 Å². The van der Waals surface area contributed by atoms with Crippen molar-refractivity contribution in [2.24, 2.45) is 0 Å². The van der Waals surface area contributed by atoms with Crippen LogP contribution in [-0.2, 0) is 4.79 Å². The summed E-state index contributed by atoms with van der Waals surface area (Å²) < 4.78 is 10.7. The molecule has 0 aromatic carbocycles. The first-order valence-corrected chi connectivity index (χ1v) is 7.21. The SMILES string of the molecule is Cc1cc(-c2cc(C(=O)NCC(=O)O)c3c(C)noc3n2)c(C)o1. The number of carbonyl (C=O) groups is 2. The highest BCUT2D eigenvalue weighted by molar-refractivity contribution is 6.07. The fraction of sp³-hybridized carbons (Fsp3) is 0.250. The van der Waals surface area contributed by atoms with Crippen molar-refractivity contribution in [1.82, 2.24) is 15.5 Å². The Bertz CT molecular complexity index is 954. The van der Waals surface area contributed by atoms with Crippen LogP contribution in [0.15, 0.2) is 21.1 Å². The van der Waals surface area contributed by atoms with Crippen molar-refractivity contribution in [3.8, 4) is 11.3 Å². The summed E-state index contributed by atoms with van der Waals surface area (Å²) in [6, 6.07) is 3.40. The van der Waals surface area contributed by atoms with E-state index in [-0.39, 0.29) is 11.3 Å². The molecular formula is C16H15N3O5. The van der Waals surface area contributed by atoms with E-state index >= 15 is 0 Å². The average molecular weight is 329 g/mol. The van der Waals surface area contributed by atoms with Crippen molar-refractivity contribution in [3.05, 3.63) is 34.9 Å². The number of aryl methyl sites for hydroxylation is 3. The maximum atomic E-state index is 12.4. The van der Waals surface area contributed by atoms with E-state index in [1.54, 1.807) is 19.9 Å². The molecule has 124 valence electrons. The highest BCUT2D eigenvalue weighted by atomic mass is 16.5. The minimum absolute atomic E-state index is 0.212. The first kappa shape index (κ1) is 15.7. The fourth-order valence-electron chi connectivity index (χ4n) is 2.55. The van der Waals surface area contributed by atoms with Gasteiger partial charge >= 0.3 is 5.97 Å². The lowest BCUT2D eigenvalue weighted by atomic mass is 10.1. The number of carboxylic acid groups (broad SMARTS) is 1. The summed E-state index contributed by atoms with van der Waals surface area (Å²) in [5.74, 6) is -0.282. The van der Waals surface area contributed by atoms with Crippen molar-refractivity contribution in [3.63, 3.8) is 0 Å². The molecule has 2 N–H and O–H groups in total. The zero-order valence-electron chi connectivity index (χ0n) is 13.3. The van der Waals surface area contributed by atoms with Gasteiger partial charge in [-0.25, -0.2) is 4.98 Å². The zero-order chi connectivity index (χ0) is 17.4. The van der Waals surface area contributed by atoms with Crippen LogP contribution >= 0.6 is 0 Å². The summed E-state index contributed by atoms with van der Waals surface area (Å²) in [7, 11) is 0. The molecule has 24 heavy (non-hydrogen) atoms. The number of nitrogens with zero attached hydrogens (tertiary/aromatic N) is 2. The number of aromatic nitrogens is 2. The number of hydrogen-bond acceptors (Lipinski definition) is 6. The molecule has 3 rings (SSSR count). The number of nitrogens with one attached hydrogen (secondary N) is 1. The highest BCUT2D eigenvalue weighted by Gasteiger charge is 2.21. The highest BCUT2D eigenvalue weighted by Crippen LogP contribution is 2.30. The van der Waals surface area contributed by atoms with Crippen LogP contribution in [0.4, 0.5) is 0 Å². The standard InChI is InChI=1S/C16H15N3O5/c1-7-4-10(9(3)23-7)12-5-11(15(22)17-6-13(20)21)14-8(2)19-24-16(14)18-12/h4-5H,6H2,1-3H3,(H,17,22)(H,20,21). The van der Waals surface area contributed by atoms with E-state index in [0.717, 1.165) is 11.3 Å². The molecular weight excluding hydrogens is 314 g/mol. The van der Waals surface area contributed by atoms with Gasteiger partial charge in [0.25, 0.3) is 11.6 Å². The van der Waals surface area contributed by atoms with Crippen LogP contribution in [0.2, 0.25) is 0 Å². The third kappa shape index (κ3) is 2.73. The lowest BCUT2D eigenvalue weighted by Crippen LogP contribution is -2.29. The summed E-state index contributed by atoms with van der Waals surface area (Å²) in [5.41, 5.74) is 2.20. The van der Waals surface area contributed by atoms with Gasteiger partial charge in [0, 0.05) is 5.56 Å². The smallest absolute Gasteiger partial charge is 0.322 e. The molecule has 0 bridgehead atoms. The summed E-state index contributed by atoms with van der Waals surface area (Å²) in [4.78, 5) is 27.5. The summed E-state index contributed by atoms with van der Waals surface area (Å²) >= 11 is 0. The molecule has 0 aliphatic heterocycles. The van der Waals surface area contributed by atoms with Gasteiger partial charge in [-0.3, -0.25) is 9.59 Å². The molecule has 0 aliphatic rings. The number of rotatable bonds is 4.